The Bertz CT molecular complexity index is 956. The largest absolute Gasteiger partial charge is 1.00 e. The third-order valence-corrected chi connectivity index (χ3v) is 6.08. The molecule has 0 saturated carbocycles. The van der Waals surface area contributed by atoms with Gasteiger partial charge in [0.2, 0.25) is 0 Å². The number of carboxylic acid groups (broad SMARTS) is 1. The molecule has 0 aliphatic rings. The van der Waals surface area contributed by atoms with Gasteiger partial charge in [-0.25, -0.2) is 13.2 Å². The third-order valence-electron chi connectivity index (χ3n) is 3.36. The van der Waals surface area contributed by atoms with Crippen molar-refractivity contribution in [2.45, 2.75) is 9.79 Å². The van der Waals surface area contributed by atoms with E-state index in [-0.39, 0.29) is 57.3 Å². The fourth-order valence-corrected chi connectivity index (χ4v) is 4.06. The predicted molar refractivity (Wildman–Crippen MR) is 102 cm³/mol. The van der Waals surface area contributed by atoms with Gasteiger partial charge in [-0.1, -0.05) is 12.1 Å². The first-order chi connectivity index (χ1) is 13.4. The maximum Gasteiger partial charge on any atom is 1.00 e. The van der Waals surface area contributed by atoms with Crippen LogP contribution in [0.4, 0.5) is 5.69 Å². The Hall–Kier alpha value is -1.15. The van der Waals surface area contributed by atoms with E-state index < -0.39 is 15.8 Å². The summed E-state index contributed by atoms with van der Waals surface area (Å²) in [6, 6.07) is 10.1. The van der Waals surface area contributed by atoms with E-state index in [1.165, 1.54) is 36.5 Å². The van der Waals surface area contributed by atoms with E-state index in [2.05, 4.69) is 19.9 Å². The number of sulfone groups is 1. The van der Waals surface area contributed by atoms with Gasteiger partial charge in [0.05, 0.1) is 40.2 Å². The van der Waals surface area contributed by atoms with Gasteiger partial charge >= 0.3 is 35.5 Å². The van der Waals surface area contributed by atoms with Crippen LogP contribution < -0.4 is 40.2 Å². The van der Waals surface area contributed by atoms with Crippen molar-refractivity contribution in [1.29, 1.82) is 0 Å². The zero-order valence-corrected chi connectivity index (χ0v) is 19.5. The smallest absolute Gasteiger partial charge is 0.691 e. The number of nitrogens with one attached hydrogen (secondary N) is 1. The number of carboxylic acids is 1. The number of halogens is 1. The van der Waals surface area contributed by atoms with Crippen LogP contribution in [0.25, 0.3) is 0 Å². The maximum absolute atomic E-state index is 11.9. The van der Waals surface area contributed by atoms with E-state index >= 15 is 0 Å². The predicted octanol–water partition coefficient (Wildman–Crippen LogP) is -0.922. The minimum atomic E-state index is -3.42. The molecule has 0 heterocycles. The van der Waals surface area contributed by atoms with E-state index in [1.807, 2.05) is 0 Å². The molecule has 9 nitrogen and oxygen atoms in total. The molecule has 0 amide bonds. The molecule has 0 radical (unpaired) electrons. The van der Waals surface area contributed by atoms with Gasteiger partial charge in [-0.15, -0.1) is 11.6 Å². The number of nitrogens with zero attached hydrogens (tertiary/aromatic N) is 1. The monoisotopic (exact) mass is 468 g/mol. The van der Waals surface area contributed by atoms with E-state index in [4.69, 9.17) is 11.6 Å². The Morgan fingerprint density at radius 2 is 1.97 bits per heavy atom. The van der Waals surface area contributed by atoms with Gasteiger partial charge in [0.15, 0.2) is 9.84 Å². The molecule has 0 atom stereocenters. The molecule has 0 spiro atoms. The average Bonchev–Trinajstić information content (AvgIpc) is 2.66. The quantitative estimate of drug-likeness (QED) is 0.113. The third kappa shape index (κ3) is 7.89. The standard InChI is InChI=1S/C16H15ClN2O7S2.Na/c17-7-8-28(23,24)13-4-1-11(2-5-13)10-18-19-15-9-12(27-26-25-22)3-6-14(15)16(20)21;/h1-6,9-10,19,22H,7-8H2,(H,20,21);/q;+1/p-1/b18-10+;. The first-order valence-electron chi connectivity index (χ1n) is 7.56. The van der Waals surface area contributed by atoms with Gasteiger partial charge in [0.25, 0.3) is 0 Å². The molecule has 0 aliphatic heterocycles. The molecule has 0 bridgehead atoms. The van der Waals surface area contributed by atoms with Gasteiger partial charge in [-0.05, 0) is 35.9 Å². The van der Waals surface area contributed by atoms with Crippen LogP contribution in [0.3, 0.4) is 0 Å². The molecule has 13 heteroatoms. The van der Waals surface area contributed by atoms with E-state index in [9.17, 15) is 23.6 Å². The van der Waals surface area contributed by atoms with Gasteiger partial charge in [-0.2, -0.15) is 9.44 Å². The Morgan fingerprint density at radius 1 is 1.28 bits per heavy atom. The molecule has 2 aromatic rings. The summed E-state index contributed by atoms with van der Waals surface area (Å²) in [6.07, 6.45) is 1.39. The van der Waals surface area contributed by atoms with E-state index in [1.54, 1.807) is 12.1 Å². The van der Waals surface area contributed by atoms with Crippen LogP contribution in [0.2, 0.25) is 0 Å². The van der Waals surface area contributed by atoms with Crippen molar-refractivity contribution < 1.29 is 62.5 Å². The molecule has 29 heavy (non-hydrogen) atoms. The number of aromatic carboxylic acids is 1. The molecule has 0 saturated heterocycles. The maximum atomic E-state index is 11.9. The average molecular weight is 469 g/mol. The van der Waals surface area contributed by atoms with Crippen molar-refractivity contribution in [2.24, 2.45) is 5.10 Å². The number of hydrogen-bond acceptors (Lipinski definition) is 9. The number of carbonyl (C=O) groups is 1. The summed E-state index contributed by atoms with van der Waals surface area (Å²) in [6.45, 7) is 0. The molecule has 2 N–H and O–H groups in total. The first kappa shape index (κ1) is 25.9. The molecule has 0 aromatic heterocycles. The number of rotatable bonds is 10. The molecule has 2 rings (SSSR count). The summed E-state index contributed by atoms with van der Waals surface area (Å²) in [5.41, 5.74) is 3.28. The SMILES string of the molecule is O=C(O)c1ccc(SOO[O-])cc1N/N=C/c1ccc(S(=O)(=O)CCCl)cc1.[Na+]. The van der Waals surface area contributed by atoms with Gasteiger partial charge < -0.3 is 10.4 Å². The molecule has 0 aliphatic carbocycles. The molecule has 2 aromatic carbocycles. The minimum absolute atomic E-state index is 0. The van der Waals surface area contributed by atoms with Crippen LogP contribution in [0.1, 0.15) is 15.9 Å². The summed E-state index contributed by atoms with van der Waals surface area (Å²) in [4.78, 5) is 11.9. The van der Waals surface area contributed by atoms with Crippen molar-refractivity contribution in [1.82, 2.24) is 0 Å². The van der Waals surface area contributed by atoms with E-state index in [0.717, 1.165) is 0 Å². The summed E-state index contributed by atoms with van der Waals surface area (Å²) >= 11 is 6.09. The molecular formula is C16H14ClN2NaO7S2. The van der Waals surface area contributed by atoms with Crippen LogP contribution in [-0.2, 0) is 19.2 Å². The van der Waals surface area contributed by atoms with E-state index in [0.29, 0.717) is 22.5 Å². The number of hydrazone groups is 1. The molecule has 0 unspecified atom stereocenters. The van der Waals surface area contributed by atoms with Crippen LogP contribution in [-0.4, -0.2) is 37.3 Å². The van der Waals surface area contributed by atoms with Crippen molar-refractivity contribution in [3.05, 3.63) is 53.6 Å². The Labute approximate surface area is 198 Å². The topological polar surface area (TPSA) is 137 Å². The zero-order valence-electron chi connectivity index (χ0n) is 15.1. The van der Waals surface area contributed by atoms with Crippen LogP contribution in [0.15, 0.2) is 57.4 Å². The second kappa shape index (κ2) is 12.5. The van der Waals surface area contributed by atoms with Crippen molar-refractivity contribution in [2.75, 3.05) is 17.1 Å². The molecule has 150 valence electrons. The number of benzene rings is 2. The van der Waals surface area contributed by atoms with Crippen LogP contribution in [0, 0.1) is 0 Å². The summed E-state index contributed by atoms with van der Waals surface area (Å²) < 4.78 is 28.0. The fraction of sp³-hybridized carbons (Fsp3) is 0.125. The molecule has 0 fully saturated rings. The number of anilines is 1. The zero-order chi connectivity index (χ0) is 20.6. The first-order valence-corrected chi connectivity index (χ1v) is 10.5. The van der Waals surface area contributed by atoms with Crippen molar-refractivity contribution in [3.8, 4) is 0 Å². The van der Waals surface area contributed by atoms with Crippen LogP contribution in [0.5, 0.6) is 0 Å². The fourth-order valence-electron chi connectivity index (χ4n) is 2.06. The summed E-state index contributed by atoms with van der Waals surface area (Å²) in [5.74, 6) is -1.33. The summed E-state index contributed by atoms with van der Waals surface area (Å²) in [5, 5.41) is 26.3. The second-order valence-electron chi connectivity index (χ2n) is 5.18. The van der Waals surface area contributed by atoms with Crippen molar-refractivity contribution in [3.63, 3.8) is 0 Å². The number of hydrogen-bond donors (Lipinski definition) is 2. The molecular weight excluding hydrogens is 455 g/mol. The minimum Gasteiger partial charge on any atom is -0.691 e. The second-order valence-corrected chi connectivity index (χ2v) is 8.44. The van der Waals surface area contributed by atoms with Crippen molar-refractivity contribution >= 4 is 51.4 Å². The van der Waals surface area contributed by atoms with Gasteiger partial charge in [-0.3, -0.25) is 10.5 Å². The Kier molecular flexibility index (Phi) is 11.2. The summed E-state index contributed by atoms with van der Waals surface area (Å²) in [7, 11) is -3.42. The van der Waals surface area contributed by atoms with Gasteiger partial charge in [0.1, 0.15) is 0 Å². The van der Waals surface area contributed by atoms with Crippen LogP contribution >= 0.6 is 23.6 Å². The Balaban J connectivity index is 0.00000420. The Morgan fingerprint density at radius 3 is 2.55 bits per heavy atom. The van der Waals surface area contributed by atoms with Gasteiger partial charge in [0, 0.05) is 10.8 Å². The number of alkyl halides is 1. The normalized spacial score (nSPS) is 11.2.